The van der Waals surface area contributed by atoms with Crippen LogP contribution >= 0.6 is 0 Å². The number of aryl methyl sites for hydroxylation is 3. The largest absolute Gasteiger partial charge is 0.497 e. The third-order valence-corrected chi connectivity index (χ3v) is 5.94. The fourth-order valence-corrected chi connectivity index (χ4v) is 4.44. The molecule has 1 aliphatic rings. The van der Waals surface area contributed by atoms with E-state index in [1.807, 2.05) is 12.1 Å². The van der Waals surface area contributed by atoms with E-state index in [-0.39, 0.29) is 6.04 Å². The zero-order chi connectivity index (χ0) is 20.4. The Morgan fingerprint density at radius 1 is 0.966 bits per heavy atom. The molecule has 4 nitrogen and oxygen atoms in total. The first kappa shape index (κ1) is 19.6. The number of methoxy groups -OCH3 is 2. The van der Waals surface area contributed by atoms with Gasteiger partial charge in [0.2, 0.25) is 0 Å². The number of hydrogen-bond acceptors (Lipinski definition) is 3. The molecule has 152 valence electrons. The predicted molar refractivity (Wildman–Crippen MR) is 117 cm³/mol. The summed E-state index contributed by atoms with van der Waals surface area (Å²) in [4.78, 5) is 2.58. The molecule has 1 aromatic heterocycles. The second kappa shape index (κ2) is 8.34. The standard InChI is InChI=1S/C25H30N2O2/c1-18-8-9-19(2)22(15-18)25-23-7-5-12-26(23)13-6-14-27(25)17-20-16-21(28-3)10-11-24(20)29-4/h5,7-12,15-16,25H,6,13-14,17H2,1-4H3. The fourth-order valence-electron chi connectivity index (χ4n) is 4.44. The first-order valence-corrected chi connectivity index (χ1v) is 10.3. The van der Waals surface area contributed by atoms with Gasteiger partial charge in [0, 0.05) is 37.1 Å². The normalized spacial score (nSPS) is 16.9. The Labute approximate surface area is 173 Å². The van der Waals surface area contributed by atoms with Crippen molar-refractivity contribution in [3.8, 4) is 11.5 Å². The summed E-state index contributed by atoms with van der Waals surface area (Å²) in [6, 6.07) is 17.5. The minimum atomic E-state index is 0.211. The molecule has 0 saturated heterocycles. The van der Waals surface area contributed by atoms with E-state index in [0.29, 0.717) is 0 Å². The van der Waals surface area contributed by atoms with Crippen molar-refractivity contribution in [1.82, 2.24) is 9.47 Å². The maximum Gasteiger partial charge on any atom is 0.123 e. The number of aromatic nitrogens is 1. The smallest absolute Gasteiger partial charge is 0.123 e. The Balaban J connectivity index is 1.80. The zero-order valence-corrected chi connectivity index (χ0v) is 17.8. The summed E-state index contributed by atoms with van der Waals surface area (Å²) < 4.78 is 13.6. The van der Waals surface area contributed by atoms with Crippen molar-refractivity contribution in [3.63, 3.8) is 0 Å². The second-order valence-electron chi connectivity index (χ2n) is 7.89. The van der Waals surface area contributed by atoms with E-state index in [9.17, 15) is 0 Å². The highest BCUT2D eigenvalue weighted by molar-refractivity contribution is 5.42. The van der Waals surface area contributed by atoms with Crippen LogP contribution in [0.15, 0.2) is 54.7 Å². The summed E-state index contributed by atoms with van der Waals surface area (Å²) >= 11 is 0. The van der Waals surface area contributed by atoms with Gasteiger partial charge in [-0.1, -0.05) is 23.8 Å². The van der Waals surface area contributed by atoms with Crippen molar-refractivity contribution in [2.75, 3.05) is 20.8 Å². The molecule has 4 rings (SSSR count). The molecule has 0 aliphatic carbocycles. The van der Waals surface area contributed by atoms with Gasteiger partial charge in [-0.3, -0.25) is 4.90 Å². The molecule has 0 saturated carbocycles. The number of rotatable bonds is 5. The minimum absolute atomic E-state index is 0.211. The lowest BCUT2D eigenvalue weighted by atomic mass is 9.95. The average molecular weight is 391 g/mol. The van der Waals surface area contributed by atoms with Crippen LogP contribution in [0, 0.1) is 13.8 Å². The van der Waals surface area contributed by atoms with Gasteiger partial charge in [-0.05, 0) is 61.7 Å². The molecular weight excluding hydrogens is 360 g/mol. The SMILES string of the molecule is COc1ccc(OC)c(CN2CCCn3cccc3C2c2cc(C)ccc2C)c1. The molecule has 2 heterocycles. The van der Waals surface area contributed by atoms with Gasteiger partial charge < -0.3 is 14.0 Å². The van der Waals surface area contributed by atoms with Gasteiger partial charge in [0.25, 0.3) is 0 Å². The van der Waals surface area contributed by atoms with Crippen molar-refractivity contribution in [2.45, 2.75) is 39.4 Å². The van der Waals surface area contributed by atoms with Crippen molar-refractivity contribution in [3.05, 3.63) is 82.7 Å². The van der Waals surface area contributed by atoms with Crippen LogP contribution in [0.4, 0.5) is 0 Å². The van der Waals surface area contributed by atoms with Crippen molar-refractivity contribution < 1.29 is 9.47 Å². The van der Waals surface area contributed by atoms with Crippen molar-refractivity contribution in [2.24, 2.45) is 0 Å². The molecule has 0 N–H and O–H groups in total. The van der Waals surface area contributed by atoms with Gasteiger partial charge in [-0.2, -0.15) is 0 Å². The van der Waals surface area contributed by atoms with Crippen LogP contribution in [0.3, 0.4) is 0 Å². The molecule has 0 spiro atoms. The lowest BCUT2D eigenvalue weighted by molar-refractivity contribution is 0.216. The van der Waals surface area contributed by atoms with Crippen molar-refractivity contribution in [1.29, 1.82) is 0 Å². The molecule has 0 radical (unpaired) electrons. The predicted octanol–water partition coefficient (Wildman–Crippen LogP) is 5.12. The molecule has 3 aromatic rings. The van der Waals surface area contributed by atoms with Crippen LogP contribution < -0.4 is 9.47 Å². The molecule has 29 heavy (non-hydrogen) atoms. The van der Waals surface area contributed by atoms with E-state index in [0.717, 1.165) is 43.1 Å². The first-order valence-electron chi connectivity index (χ1n) is 10.3. The number of ether oxygens (including phenoxy) is 2. The van der Waals surface area contributed by atoms with Gasteiger partial charge in [-0.25, -0.2) is 0 Å². The quantitative estimate of drug-likeness (QED) is 0.605. The lowest BCUT2D eigenvalue weighted by Gasteiger charge is -2.32. The second-order valence-corrected chi connectivity index (χ2v) is 7.89. The third kappa shape index (κ3) is 3.90. The molecule has 1 unspecified atom stereocenters. The van der Waals surface area contributed by atoms with Crippen LogP contribution in [-0.2, 0) is 13.1 Å². The van der Waals surface area contributed by atoms with Crippen molar-refractivity contribution >= 4 is 0 Å². The van der Waals surface area contributed by atoms with Gasteiger partial charge in [0.1, 0.15) is 11.5 Å². The lowest BCUT2D eigenvalue weighted by Crippen LogP contribution is -2.30. The van der Waals surface area contributed by atoms with E-state index < -0.39 is 0 Å². The highest BCUT2D eigenvalue weighted by Gasteiger charge is 2.29. The van der Waals surface area contributed by atoms with Crippen LogP contribution in [0.5, 0.6) is 11.5 Å². The third-order valence-electron chi connectivity index (χ3n) is 5.94. The number of nitrogens with zero attached hydrogens (tertiary/aromatic N) is 2. The van der Waals surface area contributed by atoms with E-state index in [4.69, 9.17) is 9.47 Å². The Morgan fingerprint density at radius 2 is 1.83 bits per heavy atom. The first-order chi connectivity index (χ1) is 14.1. The highest BCUT2D eigenvalue weighted by atomic mass is 16.5. The Bertz CT molecular complexity index is 992. The molecule has 2 aromatic carbocycles. The Morgan fingerprint density at radius 3 is 2.62 bits per heavy atom. The highest BCUT2D eigenvalue weighted by Crippen LogP contribution is 2.36. The zero-order valence-electron chi connectivity index (χ0n) is 17.8. The molecule has 0 amide bonds. The molecule has 4 heteroatoms. The molecule has 1 aliphatic heterocycles. The number of hydrogen-bond donors (Lipinski definition) is 0. The van der Waals surface area contributed by atoms with Gasteiger partial charge in [-0.15, -0.1) is 0 Å². The summed E-state index contributed by atoms with van der Waals surface area (Å²) in [5.74, 6) is 1.77. The Kier molecular flexibility index (Phi) is 5.63. The van der Waals surface area contributed by atoms with Gasteiger partial charge >= 0.3 is 0 Å². The van der Waals surface area contributed by atoms with E-state index in [1.54, 1.807) is 14.2 Å². The summed E-state index contributed by atoms with van der Waals surface area (Å²) in [7, 11) is 3.45. The Hall–Kier alpha value is -2.72. The number of benzene rings is 2. The molecular formula is C25H30N2O2. The maximum atomic E-state index is 5.67. The van der Waals surface area contributed by atoms with Crippen LogP contribution in [-0.4, -0.2) is 30.2 Å². The average Bonchev–Trinajstić information content (AvgIpc) is 3.11. The molecule has 0 fully saturated rings. The van der Waals surface area contributed by atoms with Crippen LogP contribution in [0.1, 0.15) is 40.4 Å². The monoisotopic (exact) mass is 390 g/mol. The van der Waals surface area contributed by atoms with Crippen LogP contribution in [0.25, 0.3) is 0 Å². The molecule has 0 bridgehead atoms. The topological polar surface area (TPSA) is 26.6 Å². The molecule has 1 atom stereocenters. The van der Waals surface area contributed by atoms with E-state index >= 15 is 0 Å². The summed E-state index contributed by atoms with van der Waals surface area (Å²) in [5.41, 5.74) is 6.53. The minimum Gasteiger partial charge on any atom is -0.497 e. The van der Waals surface area contributed by atoms with E-state index in [2.05, 4.69) is 65.9 Å². The van der Waals surface area contributed by atoms with Crippen LogP contribution in [0.2, 0.25) is 0 Å². The number of fused-ring (bicyclic) bond motifs is 1. The van der Waals surface area contributed by atoms with Gasteiger partial charge in [0.15, 0.2) is 0 Å². The summed E-state index contributed by atoms with van der Waals surface area (Å²) in [6.07, 6.45) is 3.33. The van der Waals surface area contributed by atoms with E-state index in [1.165, 1.54) is 22.4 Å². The summed E-state index contributed by atoms with van der Waals surface area (Å²) in [6.45, 7) is 7.28. The fraction of sp³-hybridized carbons (Fsp3) is 0.360. The van der Waals surface area contributed by atoms with Gasteiger partial charge in [0.05, 0.1) is 20.3 Å². The maximum absolute atomic E-state index is 5.67. The summed E-state index contributed by atoms with van der Waals surface area (Å²) in [5, 5.41) is 0.